The van der Waals surface area contributed by atoms with Crippen LogP contribution < -0.4 is 5.32 Å². The van der Waals surface area contributed by atoms with Crippen molar-refractivity contribution in [3.63, 3.8) is 0 Å². The first-order valence-electron chi connectivity index (χ1n) is 6.64. The van der Waals surface area contributed by atoms with E-state index >= 15 is 0 Å². The van der Waals surface area contributed by atoms with Crippen molar-refractivity contribution in [1.82, 2.24) is 5.32 Å². The van der Waals surface area contributed by atoms with Gasteiger partial charge in [-0.3, -0.25) is 0 Å². The fourth-order valence-corrected chi connectivity index (χ4v) is 2.34. The molecule has 1 aliphatic heterocycles. The molecule has 0 aromatic carbocycles. The van der Waals surface area contributed by atoms with E-state index in [4.69, 9.17) is 9.47 Å². The number of methoxy groups -OCH3 is 1. The van der Waals surface area contributed by atoms with Crippen molar-refractivity contribution in [2.75, 3.05) is 20.3 Å². The molecule has 0 bridgehead atoms. The molecule has 0 spiro atoms. The molecular weight excluding hydrogens is 202 g/mol. The molecule has 1 fully saturated rings. The summed E-state index contributed by atoms with van der Waals surface area (Å²) in [5, 5.41) is 3.64. The second-order valence-corrected chi connectivity index (χ2v) is 4.80. The summed E-state index contributed by atoms with van der Waals surface area (Å²) in [4.78, 5) is 0. The Bertz CT molecular complexity index is 169. The van der Waals surface area contributed by atoms with E-state index in [1.807, 2.05) is 0 Å². The Morgan fingerprint density at radius 3 is 2.88 bits per heavy atom. The monoisotopic (exact) mass is 229 g/mol. The van der Waals surface area contributed by atoms with Crippen LogP contribution in [0.4, 0.5) is 0 Å². The van der Waals surface area contributed by atoms with Gasteiger partial charge >= 0.3 is 0 Å². The number of unbranched alkanes of at least 4 members (excludes halogenated alkanes) is 1. The van der Waals surface area contributed by atoms with Gasteiger partial charge in [0, 0.05) is 25.8 Å². The summed E-state index contributed by atoms with van der Waals surface area (Å²) >= 11 is 0. The Balaban J connectivity index is 2.27. The average molecular weight is 229 g/mol. The largest absolute Gasteiger partial charge is 0.383 e. The maximum absolute atomic E-state index is 5.69. The molecule has 0 radical (unpaired) electrons. The normalized spacial score (nSPS) is 24.6. The second-order valence-electron chi connectivity index (χ2n) is 4.80. The third kappa shape index (κ3) is 4.81. The van der Waals surface area contributed by atoms with Gasteiger partial charge in [-0.05, 0) is 26.2 Å². The van der Waals surface area contributed by atoms with Crippen LogP contribution in [0, 0.1) is 0 Å². The zero-order chi connectivity index (χ0) is 11.8. The van der Waals surface area contributed by atoms with E-state index in [1.54, 1.807) is 7.11 Å². The summed E-state index contributed by atoms with van der Waals surface area (Å²) in [6.45, 7) is 6.19. The van der Waals surface area contributed by atoms with Crippen LogP contribution in [0.2, 0.25) is 0 Å². The van der Waals surface area contributed by atoms with E-state index < -0.39 is 0 Å². The maximum atomic E-state index is 5.69. The van der Waals surface area contributed by atoms with Crippen molar-refractivity contribution >= 4 is 0 Å². The highest BCUT2D eigenvalue weighted by atomic mass is 16.5. The lowest BCUT2D eigenvalue weighted by molar-refractivity contribution is 0.0706. The molecule has 3 nitrogen and oxygen atoms in total. The van der Waals surface area contributed by atoms with E-state index in [-0.39, 0.29) is 0 Å². The molecule has 0 saturated carbocycles. The standard InChI is InChI=1S/C13H27NO2/c1-4-5-7-12(10-15-3)14-11(2)13-8-6-9-16-13/h11-14H,4-10H2,1-3H3. The molecule has 0 aliphatic carbocycles. The van der Waals surface area contributed by atoms with Crippen LogP contribution in [-0.4, -0.2) is 38.5 Å². The summed E-state index contributed by atoms with van der Waals surface area (Å²) in [6, 6.07) is 0.920. The molecule has 3 heteroatoms. The average Bonchev–Trinajstić information content (AvgIpc) is 2.79. The third-order valence-corrected chi connectivity index (χ3v) is 3.30. The SMILES string of the molecule is CCCCC(COC)NC(C)C1CCCO1. The van der Waals surface area contributed by atoms with Crippen molar-refractivity contribution in [3.05, 3.63) is 0 Å². The van der Waals surface area contributed by atoms with Gasteiger partial charge in [0.2, 0.25) is 0 Å². The number of hydrogen-bond donors (Lipinski definition) is 1. The van der Waals surface area contributed by atoms with Gasteiger partial charge in [-0.2, -0.15) is 0 Å². The van der Waals surface area contributed by atoms with Gasteiger partial charge in [0.25, 0.3) is 0 Å². The fraction of sp³-hybridized carbons (Fsp3) is 1.00. The minimum absolute atomic E-state index is 0.404. The van der Waals surface area contributed by atoms with E-state index in [0.29, 0.717) is 18.2 Å². The van der Waals surface area contributed by atoms with Crippen LogP contribution in [0.5, 0.6) is 0 Å². The fourth-order valence-electron chi connectivity index (χ4n) is 2.34. The quantitative estimate of drug-likeness (QED) is 0.693. The highest BCUT2D eigenvalue weighted by molar-refractivity contribution is 4.80. The molecule has 1 aliphatic rings. The van der Waals surface area contributed by atoms with E-state index in [0.717, 1.165) is 13.2 Å². The number of hydrogen-bond acceptors (Lipinski definition) is 3. The van der Waals surface area contributed by atoms with Crippen LogP contribution in [-0.2, 0) is 9.47 Å². The number of nitrogens with one attached hydrogen (secondary N) is 1. The first-order chi connectivity index (χ1) is 7.77. The summed E-state index contributed by atoms with van der Waals surface area (Å²) < 4.78 is 11.0. The Morgan fingerprint density at radius 1 is 1.50 bits per heavy atom. The maximum Gasteiger partial charge on any atom is 0.0726 e. The van der Waals surface area contributed by atoms with Crippen LogP contribution in [0.1, 0.15) is 46.0 Å². The van der Waals surface area contributed by atoms with Gasteiger partial charge in [0.1, 0.15) is 0 Å². The van der Waals surface area contributed by atoms with Gasteiger partial charge in [-0.25, -0.2) is 0 Å². The molecule has 96 valence electrons. The minimum atomic E-state index is 0.404. The summed E-state index contributed by atoms with van der Waals surface area (Å²) in [5.41, 5.74) is 0. The van der Waals surface area contributed by atoms with Crippen molar-refractivity contribution in [2.24, 2.45) is 0 Å². The molecule has 1 heterocycles. The predicted molar refractivity (Wildman–Crippen MR) is 66.8 cm³/mol. The molecule has 1 saturated heterocycles. The molecule has 3 atom stereocenters. The number of rotatable bonds is 8. The van der Waals surface area contributed by atoms with E-state index in [9.17, 15) is 0 Å². The van der Waals surface area contributed by atoms with Gasteiger partial charge in [-0.1, -0.05) is 19.8 Å². The predicted octanol–water partition coefficient (Wildman–Crippen LogP) is 2.35. The Morgan fingerprint density at radius 2 is 2.31 bits per heavy atom. The summed E-state index contributed by atoms with van der Waals surface area (Å²) in [6.07, 6.45) is 6.51. The first kappa shape index (κ1) is 13.9. The lowest BCUT2D eigenvalue weighted by Gasteiger charge is -2.26. The third-order valence-electron chi connectivity index (χ3n) is 3.30. The second kappa shape index (κ2) is 8.04. The van der Waals surface area contributed by atoms with Gasteiger partial charge < -0.3 is 14.8 Å². The van der Waals surface area contributed by atoms with E-state index in [2.05, 4.69) is 19.2 Å². The minimum Gasteiger partial charge on any atom is -0.383 e. The zero-order valence-corrected chi connectivity index (χ0v) is 11.0. The van der Waals surface area contributed by atoms with Crippen LogP contribution in [0.15, 0.2) is 0 Å². The van der Waals surface area contributed by atoms with Crippen LogP contribution in [0.3, 0.4) is 0 Å². The lowest BCUT2D eigenvalue weighted by Crippen LogP contribution is -2.45. The Kier molecular flexibility index (Phi) is 7.01. The van der Waals surface area contributed by atoms with E-state index in [1.165, 1.54) is 32.1 Å². The van der Waals surface area contributed by atoms with Gasteiger partial charge in [0.05, 0.1) is 12.7 Å². The lowest BCUT2D eigenvalue weighted by atomic mass is 10.1. The zero-order valence-electron chi connectivity index (χ0n) is 11.0. The van der Waals surface area contributed by atoms with Gasteiger partial charge in [-0.15, -0.1) is 0 Å². The molecule has 0 aromatic heterocycles. The van der Waals surface area contributed by atoms with Gasteiger partial charge in [0.15, 0.2) is 0 Å². The molecule has 16 heavy (non-hydrogen) atoms. The van der Waals surface area contributed by atoms with Crippen molar-refractivity contribution in [3.8, 4) is 0 Å². The highest BCUT2D eigenvalue weighted by Crippen LogP contribution is 2.16. The molecule has 3 unspecified atom stereocenters. The first-order valence-corrected chi connectivity index (χ1v) is 6.64. The Hall–Kier alpha value is -0.120. The highest BCUT2D eigenvalue weighted by Gasteiger charge is 2.24. The van der Waals surface area contributed by atoms with Crippen molar-refractivity contribution in [2.45, 2.75) is 64.1 Å². The topological polar surface area (TPSA) is 30.5 Å². The van der Waals surface area contributed by atoms with Crippen molar-refractivity contribution < 1.29 is 9.47 Å². The summed E-state index contributed by atoms with van der Waals surface area (Å²) in [7, 11) is 1.78. The summed E-state index contributed by atoms with van der Waals surface area (Å²) in [5.74, 6) is 0. The molecular formula is C13H27NO2. The Labute approximate surface area is 99.9 Å². The number of ether oxygens (including phenoxy) is 2. The van der Waals surface area contributed by atoms with Crippen molar-refractivity contribution in [1.29, 1.82) is 0 Å². The molecule has 1 N–H and O–H groups in total. The molecule has 0 aromatic rings. The molecule has 0 amide bonds. The molecule has 1 rings (SSSR count). The van der Waals surface area contributed by atoms with Crippen LogP contribution >= 0.6 is 0 Å². The smallest absolute Gasteiger partial charge is 0.0726 e. The van der Waals surface area contributed by atoms with Crippen LogP contribution in [0.25, 0.3) is 0 Å².